The Morgan fingerprint density at radius 2 is 2.10 bits per heavy atom. The van der Waals surface area contributed by atoms with Crippen molar-refractivity contribution in [1.82, 2.24) is 9.55 Å². The van der Waals surface area contributed by atoms with Crippen molar-refractivity contribution < 1.29 is 18.3 Å². The van der Waals surface area contributed by atoms with Gasteiger partial charge in [0.15, 0.2) is 5.15 Å². The van der Waals surface area contributed by atoms with Gasteiger partial charge in [-0.25, -0.2) is 4.98 Å². The van der Waals surface area contributed by atoms with E-state index in [4.69, 9.17) is 11.6 Å². The van der Waals surface area contributed by atoms with Crippen LogP contribution in [-0.2, 0) is 19.1 Å². The minimum atomic E-state index is -4.40. The quantitative estimate of drug-likeness (QED) is 0.874. The molecule has 1 N–H and O–H groups in total. The molecule has 0 saturated heterocycles. The molecule has 0 spiro atoms. The Morgan fingerprint density at radius 1 is 1.33 bits per heavy atom. The Hall–Kier alpha value is -1.53. The van der Waals surface area contributed by atoms with Crippen molar-refractivity contribution in [3.63, 3.8) is 0 Å². The molecule has 1 aliphatic rings. The van der Waals surface area contributed by atoms with E-state index in [0.29, 0.717) is 36.5 Å². The summed E-state index contributed by atoms with van der Waals surface area (Å²) in [5.74, 6) is 0.410. The number of imidazole rings is 1. The van der Waals surface area contributed by atoms with E-state index in [0.717, 1.165) is 12.1 Å². The Balaban J connectivity index is 2.08. The summed E-state index contributed by atoms with van der Waals surface area (Å²) in [5.41, 5.74) is 0.321. The molecule has 7 heteroatoms. The zero-order valence-electron chi connectivity index (χ0n) is 10.9. The molecule has 112 valence electrons. The fourth-order valence-electron chi connectivity index (χ4n) is 2.55. The summed E-state index contributed by atoms with van der Waals surface area (Å²) in [7, 11) is 0. The highest BCUT2D eigenvalue weighted by Gasteiger charge is 2.31. The summed E-state index contributed by atoms with van der Waals surface area (Å²) in [5, 5.41) is 9.90. The van der Waals surface area contributed by atoms with E-state index in [1.807, 2.05) is 0 Å². The van der Waals surface area contributed by atoms with Crippen LogP contribution in [0.15, 0.2) is 24.3 Å². The second kappa shape index (κ2) is 5.03. The molecule has 3 nitrogen and oxygen atoms in total. The first-order chi connectivity index (χ1) is 9.86. The number of halogens is 4. The first-order valence-corrected chi connectivity index (χ1v) is 6.84. The summed E-state index contributed by atoms with van der Waals surface area (Å²) >= 11 is 6.04. The standard InChI is InChI=1S/C14H12ClF3N2O/c15-12-11-7-10(21)4-5-20(11)13(19-12)8-2-1-3-9(6-8)14(16,17)18/h1-3,6,10,21H,4-5,7H2. The molecule has 0 fully saturated rings. The molecule has 1 aliphatic heterocycles. The summed E-state index contributed by atoms with van der Waals surface area (Å²) in [6, 6.07) is 5.02. The number of aliphatic hydroxyl groups is 1. The van der Waals surface area contributed by atoms with Gasteiger partial charge in [-0.05, 0) is 18.6 Å². The lowest BCUT2D eigenvalue weighted by Gasteiger charge is -2.21. The second-order valence-corrected chi connectivity index (χ2v) is 5.41. The van der Waals surface area contributed by atoms with Crippen molar-refractivity contribution in [2.45, 2.75) is 31.7 Å². The van der Waals surface area contributed by atoms with E-state index in [-0.39, 0.29) is 5.15 Å². The average Bonchev–Trinajstić information content (AvgIpc) is 2.75. The first kappa shape index (κ1) is 14.4. The molecule has 0 amide bonds. The Morgan fingerprint density at radius 3 is 2.81 bits per heavy atom. The molecular formula is C14H12ClF3N2O. The van der Waals surface area contributed by atoms with Crippen molar-refractivity contribution in [1.29, 1.82) is 0 Å². The highest BCUT2D eigenvalue weighted by molar-refractivity contribution is 6.30. The number of nitrogens with zero attached hydrogens (tertiary/aromatic N) is 2. The highest BCUT2D eigenvalue weighted by atomic mass is 35.5. The third-order valence-corrected chi connectivity index (χ3v) is 3.89. The van der Waals surface area contributed by atoms with Crippen molar-refractivity contribution in [3.8, 4) is 11.4 Å². The number of aliphatic hydroxyl groups excluding tert-OH is 1. The molecule has 1 aromatic carbocycles. The maximum Gasteiger partial charge on any atom is 0.416 e. The average molecular weight is 317 g/mol. The molecule has 0 radical (unpaired) electrons. The van der Waals surface area contributed by atoms with E-state index in [2.05, 4.69) is 4.98 Å². The molecule has 0 aliphatic carbocycles. The summed E-state index contributed by atoms with van der Waals surface area (Å²) in [6.07, 6.45) is -3.98. The largest absolute Gasteiger partial charge is 0.416 e. The third kappa shape index (κ3) is 2.65. The molecule has 1 aromatic heterocycles. The summed E-state index contributed by atoms with van der Waals surface area (Å²) in [4.78, 5) is 4.17. The molecule has 3 rings (SSSR count). The van der Waals surface area contributed by atoms with Crippen molar-refractivity contribution in [2.75, 3.05) is 0 Å². The van der Waals surface area contributed by atoms with Crippen LogP contribution in [0.3, 0.4) is 0 Å². The van der Waals surface area contributed by atoms with Crippen LogP contribution in [0.2, 0.25) is 5.15 Å². The van der Waals surface area contributed by atoms with Gasteiger partial charge in [-0.2, -0.15) is 13.2 Å². The zero-order chi connectivity index (χ0) is 15.2. The van der Waals surface area contributed by atoms with Gasteiger partial charge in [0.05, 0.1) is 17.4 Å². The number of alkyl halides is 3. The first-order valence-electron chi connectivity index (χ1n) is 6.47. The van der Waals surface area contributed by atoms with Gasteiger partial charge < -0.3 is 9.67 Å². The number of aromatic nitrogens is 2. The van der Waals surface area contributed by atoms with Crippen LogP contribution in [-0.4, -0.2) is 20.8 Å². The van der Waals surface area contributed by atoms with Crippen LogP contribution in [0.25, 0.3) is 11.4 Å². The Bertz CT molecular complexity index is 681. The fourth-order valence-corrected chi connectivity index (χ4v) is 2.81. The molecule has 2 aromatic rings. The van der Waals surface area contributed by atoms with Crippen molar-refractivity contribution in [3.05, 3.63) is 40.7 Å². The minimum absolute atomic E-state index is 0.237. The highest BCUT2D eigenvalue weighted by Crippen LogP contribution is 2.34. The van der Waals surface area contributed by atoms with Crippen molar-refractivity contribution >= 4 is 11.6 Å². The van der Waals surface area contributed by atoms with Gasteiger partial charge in [-0.1, -0.05) is 23.7 Å². The SMILES string of the molecule is OC1CCn2c(-c3cccc(C(F)(F)F)c3)nc(Cl)c2C1. The molecule has 0 bridgehead atoms. The van der Waals surface area contributed by atoms with E-state index >= 15 is 0 Å². The second-order valence-electron chi connectivity index (χ2n) is 5.05. The predicted octanol–water partition coefficient (Wildman–Crippen LogP) is 3.53. The Labute approximate surface area is 124 Å². The molecule has 21 heavy (non-hydrogen) atoms. The molecular weight excluding hydrogens is 305 g/mol. The number of fused-ring (bicyclic) bond motifs is 1. The molecule has 2 heterocycles. The van der Waals surface area contributed by atoms with Gasteiger partial charge >= 0.3 is 6.18 Å². The lowest BCUT2D eigenvalue weighted by atomic mass is 10.1. The lowest BCUT2D eigenvalue weighted by molar-refractivity contribution is -0.137. The van der Waals surface area contributed by atoms with Crippen LogP contribution in [0.4, 0.5) is 13.2 Å². The predicted molar refractivity (Wildman–Crippen MR) is 72.0 cm³/mol. The normalized spacial score (nSPS) is 18.6. The summed E-state index contributed by atoms with van der Waals surface area (Å²) < 4.78 is 40.2. The van der Waals surface area contributed by atoms with Crippen LogP contribution in [0.5, 0.6) is 0 Å². The van der Waals surface area contributed by atoms with E-state index < -0.39 is 17.8 Å². The van der Waals surface area contributed by atoms with Gasteiger partial charge in [0.2, 0.25) is 0 Å². The fraction of sp³-hybridized carbons (Fsp3) is 0.357. The zero-order valence-corrected chi connectivity index (χ0v) is 11.6. The van der Waals surface area contributed by atoms with Crippen LogP contribution >= 0.6 is 11.6 Å². The maximum atomic E-state index is 12.8. The molecule has 1 unspecified atom stereocenters. The monoisotopic (exact) mass is 316 g/mol. The smallest absolute Gasteiger partial charge is 0.393 e. The number of hydrogen-bond donors (Lipinski definition) is 1. The number of benzene rings is 1. The lowest BCUT2D eigenvalue weighted by Crippen LogP contribution is -2.23. The Kier molecular flexibility index (Phi) is 3.45. The van der Waals surface area contributed by atoms with E-state index in [1.54, 1.807) is 10.6 Å². The summed E-state index contributed by atoms with van der Waals surface area (Å²) in [6.45, 7) is 0.488. The topological polar surface area (TPSA) is 38.0 Å². The van der Waals surface area contributed by atoms with Crippen LogP contribution in [0.1, 0.15) is 17.7 Å². The molecule has 0 saturated carbocycles. The van der Waals surface area contributed by atoms with Gasteiger partial charge in [0, 0.05) is 18.5 Å². The van der Waals surface area contributed by atoms with Crippen LogP contribution < -0.4 is 0 Å². The number of rotatable bonds is 1. The molecule has 1 atom stereocenters. The van der Waals surface area contributed by atoms with Gasteiger partial charge in [-0.15, -0.1) is 0 Å². The van der Waals surface area contributed by atoms with Gasteiger partial charge in [-0.3, -0.25) is 0 Å². The van der Waals surface area contributed by atoms with Crippen LogP contribution in [0, 0.1) is 0 Å². The van der Waals surface area contributed by atoms with E-state index in [9.17, 15) is 18.3 Å². The van der Waals surface area contributed by atoms with E-state index in [1.165, 1.54) is 6.07 Å². The van der Waals surface area contributed by atoms with Crippen molar-refractivity contribution in [2.24, 2.45) is 0 Å². The van der Waals surface area contributed by atoms with Gasteiger partial charge in [0.1, 0.15) is 5.82 Å². The number of hydrogen-bond acceptors (Lipinski definition) is 2. The third-order valence-electron chi connectivity index (χ3n) is 3.59. The van der Waals surface area contributed by atoms with Gasteiger partial charge in [0.25, 0.3) is 0 Å². The minimum Gasteiger partial charge on any atom is -0.393 e. The maximum absolute atomic E-state index is 12.8.